The second-order valence-electron chi connectivity index (χ2n) is 2.95. The molecule has 0 amide bonds. The average Bonchev–Trinajstić information content (AvgIpc) is 2.34. The number of nitrogens with two attached hydrogens (primary N) is 1. The fourth-order valence-electron chi connectivity index (χ4n) is 1.21. The average molecular weight is 188 g/mol. The number of rotatable bonds is 3. The topological polar surface area (TPSA) is 43.8 Å². The van der Waals surface area contributed by atoms with E-state index < -0.39 is 0 Å². The predicted octanol–water partition coefficient (Wildman–Crippen LogP) is 1.75. The molecule has 0 aliphatic carbocycles. The van der Waals surface area contributed by atoms with Crippen molar-refractivity contribution in [2.75, 3.05) is 6.54 Å². The van der Waals surface area contributed by atoms with E-state index in [1.165, 1.54) is 0 Å². The molecule has 1 rings (SSSR count). The van der Waals surface area contributed by atoms with Crippen molar-refractivity contribution < 1.29 is 0 Å². The minimum absolute atomic E-state index is 0.336. The summed E-state index contributed by atoms with van der Waals surface area (Å²) in [4.78, 5) is 0. The zero-order valence-electron chi connectivity index (χ0n) is 7.42. The molecule has 1 unspecified atom stereocenters. The van der Waals surface area contributed by atoms with Gasteiger partial charge in [0.25, 0.3) is 0 Å². The Kier molecular flexibility index (Phi) is 3.12. The molecule has 0 aliphatic rings. The summed E-state index contributed by atoms with van der Waals surface area (Å²) in [6.45, 7) is 4.73. The van der Waals surface area contributed by atoms with Gasteiger partial charge in [0.2, 0.25) is 0 Å². The summed E-state index contributed by atoms with van der Waals surface area (Å²) in [7, 11) is 0. The summed E-state index contributed by atoms with van der Waals surface area (Å²) in [5.74, 6) is 0. The van der Waals surface area contributed by atoms with Gasteiger partial charge in [-0.1, -0.05) is 11.6 Å². The molecule has 0 radical (unpaired) electrons. The van der Waals surface area contributed by atoms with Crippen molar-refractivity contribution in [3.8, 4) is 0 Å². The molecule has 1 atom stereocenters. The molecule has 1 heterocycles. The summed E-state index contributed by atoms with van der Waals surface area (Å²) in [6, 6.07) is 0.336. The zero-order valence-corrected chi connectivity index (χ0v) is 8.17. The van der Waals surface area contributed by atoms with Crippen LogP contribution in [0.1, 0.15) is 25.1 Å². The Morgan fingerprint density at radius 1 is 1.75 bits per heavy atom. The van der Waals surface area contributed by atoms with Crippen molar-refractivity contribution in [2.45, 2.75) is 26.3 Å². The highest BCUT2D eigenvalue weighted by Crippen LogP contribution is 2.18. The second kappa shape index (κ2) is 3.92. The lowest BCUT2D eigenvalue weighted by Crippen LogP contribution is -2.13. The lowest BCUT2D eigenvalue weighted by atomic mass is 10.2. The SMILES string of the molecule is Cc1c(Cl)cnn1C(C)CCN. The highest BCUT2D eigenvalue weighted by atomic mass is 35.5. The fraction of sp³-hybridized carbons (Fsp3) is 0.625. The summed E-state index contributed by atoms with van der Waals surface area (Å²) < 4.78 is 1.91. The van der Waals surface area contributed by atoms with E-state index in [0.717, 1.165) is 17.1 Å². The third-order valence-corrected chi connectivity index (χ3v) is 2.36. The molecular formula is C8H14ClN3. The number of halogens is 1. The van der Waals surface area contributed by atoms with E-state index in [-0.39, 0.29) is 0 Å². The van der Waals surface area contributed by atoms with E-state index in [9.17, 15) is 0 Å². The normalized spacial score (nSPS) is 13.3. The molecular weight excluding hydrogens is 174 g/mol. The minimum Gasteiger partial charge on any atom is -0.330 e. The Balaban J connectivity index is 2.80. The first kappa shape index (κ1) is 9.55. The molecule has 0 fully saturated rings. The van der Waals surface area contributed by atoms with E-state index in [0.29, 0.717) is 12.6 Å². The standard InChI is InChI=1S/C8H14ClN3/c1-6(3-4-10)12-7(2)8(9)5-11-12/h5-6H,3-4,10H2,1-2H3. The lowest BCUT2D eigenvalue weighted by Gasteiger charge is -2.12. The molecule has 0 spiro atoms. The molecule has 0 bridgehead atoms. The van der Waals surface area contributed by atoms with Gasteiger partial charge in [0.1, 0.15) is 0 Å². The van der Waals surface area contributed by atoms with Crippen LogP contribution in [0.25, 0.3) is 0 Å². The van der Waals surface area contributed by atoms with Crippen LogP contribution in [0, 0.1) is 6.92 Å². The third-order valence-electron chi connectivity index (χ3n) is 1.99. The van der Waals surface area contributed by atoms with E-state index in [1.54, 1.807) is 6.20 Å². The molecule has 0 saturated carbocycles. The van der Waals surface area contributed by atoms with Crippen molar-refractivity contribution in [3.05, 3.63) is 16.9 Å². The van der Waals surface area contributed by atoms with Crippen LogP contribution < -0.4 is 5.73 Å². The fourth-order valence-corrected chi connectivity index (χ4v) is 1.34. The quantitative estimate of drug-likeness (QED) is 0.784. The van der Waals surface area contributed by atoms with Crippen molar-refractivity contribution in [1.29, 1.82) is 0 Å². The molecule has 12 heavy (non-hydrogen) atoms. The van der Waals surface area contributed by atoms with Crippen LogP contribution in [0.5, 0.6) is 0 Å². The summed E-state index contributed by atoms with van der Waals surface area (Å²) >= 11 is 5.86. The van der Waals surface area contributed by atoms with Crippen LogP contribution in [0.15, 0.2) is 6.20 Å². The third kappa shape index (κ3) is 1.79. The molecule has 0 saturated heterocycles. The van der Waals surface area contributed by atoms with Crippen LogP contribution in [-0.4, -0.2) is 16.3 Å². The minimum atomic E-state index is 0.336. The Hall–Kier alpha value is -0.540. The van der Waals surface area contributed by atoms with Crippen LogP contribution in [0.2, 0.25) is 5.02 Å². The van der Waals surface area contributed by atoms with Crippen LogP contribution in [-0.2, 0) is 0 Å². The van der Waals surface area contributed by atoms with Crippen molar-refractivity contribution in [1.82, 2.24) is 9.78 Å². The first-order valence-corrected chi connectivity index (χ1v) is 4.44. The van der Waals surface area contributed by atoms with Crippen LogP contribution >= 0.6 is 11.6 Å². The molecule has 0 aliphatic heterocycles. The van der Waals surface area contributed by atoms with E-state index in [2.05, 4.69) is 12.0 Å². The van der Waals surface area contributed by atoms with E-state index in [1.807, 2.05) is 11.6 Å². The van der Waals surface area contributed by atoms with Gasteiger partial charge in [-0.2, -0.15) is 5.10 Å². The Bertz CT molecular complexity index is 257. The van der Waals surface area contributed by atoms with E-state index in [4.69, 9.17) is 17.3 Å². The van der Waals surface area contributed by atoms with Crippen LogP contribution in [0.3, 0.4) is 0 Å². The number of nitrogens with zero attached hydrogens (tertiary/aromatic N) is 2. The molecule has 4 heteroatoms. The summed E-state index contributed by atoms with van der Waals surface area (Å²) in [6.07, 6.45) is 2.60. The maximum Gasteiger partial charge on any atom is 0.0815 e. The summed E-state index contributed by atoms with van der Waals surface area (Å²) in [5.41, 5.74) is 6.46. The van der Waals surface area contributed by atoms with Gasteiger partial charge in [0.15, 0.2) is 0 Å². The van der Waals surface area contributed by atoms with Gasteiger partial charge in [-0.15, -0.1) is 0 Å². The number of hydrogen-bond acceptors (Lipinski definition) is 2. The maximum atomic E-state index is 5.86. The number of aromatic nitrogens is 2. The second-order valence-corrected chi connectivity index (χ2v) is 3.36. The van der Waals surface area contributed by atoms with Gasteiger partial charge >= 0.3 is 0 Å². The van der Waals surface area contributed by atoms with Gasteiger partial charge in [0.05, 0.1) is 23.0 Å². The Morgan fingerprint density at radius 3 is 2.83 bits per heavy atom. The van der Waals surface area contributed by atoms with Gasteiger partial charge in [-0.3, -0.25) is 4.68 Å². The number of hydrogen-bond donors (Lipinski definition) is 1. The first-order valence-electron chi connectivity index (χ1n) is 4.06. The Morgan fingerprint density at radius 2 is 2.42 bits per heavy atom. The smallest absolute Gasteiger partial charge is 0.0815 e. The van der Waals surface area contributed by atoms with E-state index >= 15 is 0 Å². The molecule has 3 nitrogen and oxygen atoms in total. The van der Waals surface area contributed by atoms with Gasteiger partial charge in [-0.05, 0) is 26.8 Å². The predicted molar refractivity (Wildman–Crippen MR) is 50.4 cm³/mol. The maximum absolute atomic E-state index is 5.86. The van der Waals surface area contributed by atoms with Gasteiger partial charge in [0, 0.05) is 0 Å². The van der Waals surface area contributed by atoms with Crippen molar-refractivity contribution >= 4 is 11.6 Å². The van der Waals surface area contributed by atoms with Crippen LogP contribution in [0.4, 0.5) is 0 Å². The Labute approximate surface area is 77.5 Å². The lowest BCUT2D eigenvalue weighted by molar-refractivity contribution is 0.456. The van der Waals surface area contributed by atoms with Crippen molar-refractivity contribution in [3.63, 3.8) is 0 Å². The summed E-state index contributed by atoms with van der Waals surface area (Å²) in [5, 5.41) is 4.88. The first-order chi connectivity index (χ1) is 5.66. The molecule has 68 valence electrons. The monoisotopic (exact) mass is 187 g/mol. The highest BCUT2D eigenvalue weighted by Gasteiger charge is 2.09. The largest absolute Gasteiger partial charge is 0.330 e. The molecule has 0 aromatic carbocycles. The van der Waals surface area contributed by atoms with Gasteiger partial charge in [-0.25, -0.2) is 0 Å². The zero-order chi connectivity index (χ0) is 9.14. The van der Waals surface area contributed by atoms with Crippen molar-refractivity contribution in [2.24, 2.45) is 5.73 Å². The highest BCUT2D eigenvalue weighted by molar-refractivity contribution is 6.31. The molecule has 2 N–H and O–H groups in total. The van der Waals surface area contributed by atoms with Gasteiger partial charge < -0.3 is 5.73 Å². The molecule has 1 aromatic rings. The molecule has 1 aromatic heterocycles.